The molecule has 0 aliphatic carbocycles. The van der Waals surface area contributed by atoms with Crippen LogP contribution in [0.3, 0.4) is 0 Å². The second-order valence-electron chi connectivity index (χ2n) is 5.41. The summed E-state index contributed by atoms with van der Waals surface area (Å²) in [5, 5.41) is 12.5. The van der Waals surface area contributed by atoms with Gasteiger partial charge in [0.1, 0.15) is 0 Å². The Kier molecular flexibility index (Phi) is 4.53. The van der Waals surface area contributed by atoms with Gasteiger partial charge in [-0.3, -0.25) is 4.79 Å². The van der Waals surface area contributed by atoms with E-state index < -0.39 is 5.97 Å². The van der Waals surface area contributed by atoms with Gasteiger partial charge in [0.25, 0.3) is 0 Å². The zero-order valence-electron chi connectivity index (χ0n) is 12.6. The van der Waals surface area contributed by atoms with Gasteiger partial charge in [-0.2, -0.15) is 0 Å². The first kappa shape index (κ1) is 14.7. The number of nitrogens with one attached hydrogen (secondary N) is 1. The van der Waals surface area contributed by atoms with E-state index in [0.29, 0.717) is 0 Å². The summed E-state index contributed by atoms with van der Waals surface area (Å²) in [4.78, 5) is 13.4. The molecule has 0 bridgehead atoms. The number of benzene rings is 1. The van der Waals surface area contributed by atoms with Crippen LogP contribution in [0.1, 0.15) is 43.7 Å². The molecule has 1 heterocycles. The van der Waals surface area contributed by atoms with Crippen LogP contribution in [-0.4, -0.2) is 30.7 Å². The molecule has 1 aromatic carbocycles. The first-order chi connectivity index (χ1) is 9.56. The number of aliphatic carboxylic acids is 1. The van der Waals surface area contributed by atoms with Crippen molar-refractivity contribution >= 4 is 17.3 Å². The van der Waals surface area contributed by atoms with E-state index in [1.165, 1.54) is 16.8 Å². The Balaban J connectivity index is 2.42. The summed E-state index contributed by atoms with van der Waals surface area (Å²) in [6.45, 7) is 9.17. The molecule has 0 saturated heterocycles. The van der Waals surface area contributed by atoms with Gasteiger partial charge in [-0.25, -0.2) is 0 Å². The fourth-order valence-corrected chi connectivity index (χ4v) is 3.08. The van der Waals surface area contributed by atoms with E-state index in [1.54, 1.807) is 0 Å². The molecule has 1 unspecified atom stereocenters. The minimum atomic E-state index is -0.714. The van der Waals surface area contributed by atoms with Gasteiger partial charge in [0, 0.05) is 31.0 Å². The summed E-state index contributed by atoms with van der Waals surface area (Å²) in [7, 11) is 0. The average molecular weight is 276 g/mol. The highest BCUT2D eigenvalue weighted by Crippen LogP contribution is 2.38. The zero-order valence-corrected chi connectivity index (χ0v) is 12.6. The molecule has 0 aromatic heterocycles. The molecule has 1 atom stereocenters. The van der Waals surface area contributed by atoms with Crippen LogP contribution in [0.2, 0.25) is 0 Å². The van der Waals surface area contributed by atoms with Gasteiger partial charge in [0.2, 0.25) is 0 Å². The van der Waals surface area contributed by atoms with Crippen molar-refractivity contribution in [2.75, 3.05) is 29.9 Å². The Hall–Kier alpha value is -1.71. The van der Waals surface area contributed by atoms with E-state index >= 15 is 0 Å². The Bertz CT molecular complexity index is 495. The van der Waals surface area contributed by atoms with Crippen LogP contribution in [0.4, 0.5) is 11.4 Å². The Morgan fingerprint density at radius 3 is 2.70 bits per heavy atom. The molecule has 0 saturated carbocycles. The molecule has 2 rings (SSSR count). The average Bonchev–Trinajstić information content (AvgIpc) is 2.40. The molecule has 4 nitrogen and oxygen atoms in total. The molecule has 1 aromatic rings. The lowest BCUT2D eigenvalue weighted by Crippen LogP contribution is -2.24. The minimum Gasteiger partial charge on any atom is -0.481 e. The number of nitrogens with zero attached hydrogens (tertiary/aromatic N) is 1. The third-order valence-electron chi connectivity index (χ3n) is 4.13. The quantitative estimate of drug-likeness (QED) is 0.867. The predicted molar refractivity (Wildman–Crippen MR) is 82.8 cm³/mol. The van der Waals surface area contributed by atoms with Gasteiger partial charge in [-0.1, -0.05) is 0 Å². The standard InChI is InChI=1S/C16H24N2O2/c1-4-18(5-2)13-8-11(3)16-14(10-13)12(6-7-17-16)9-15(19)20/h8,10,12,17H,4-7,9H2,1-3H3,(H,19,20). The molecule has 0 radical (unpaired) electrons. The molecular formula is C16H24N2O2. The van der Waals surface area contributed by atoms with Crippen molar-refractivity contribution in [2.45, 2.75) is 39.5 Å². The smallest absolute Gasteiger partial charge is 0.303 e. The van der Waals surface area contributed by atoms with Crippen LogP contribution in [0.5, 0.6) is 0 Å². The van der Waals surface area contributed by atoms with Crippen LogP contribution in [-0.2, 0) is 4.79 Å². The number of carboxylic acid groups (broad SMARTS) is 1. The van der Waals surface area contributed by atoms with Gasteiger partial charge >= 0.3 is 5.97 Å². The van der Waals surface area contributed by atoms with Crippen molar-refractivity contribution in [3.63, 3.8) is 0 Å². The zero-order chi connectivity index (χ0) is 14.7. The first-order valence-corrected chi connectivity index (χ1v) is 7.41. The number of carboxylic acids is 1. The Morgan fingerprint density at radius 2 is 2.10 bits per heavy atom. The third-order valence-corrected chi connectivity index (χ3v) is 4.13. The Morgan fingerprint density at radius 1 is 1.40 bits per heavy atom. The molecule has 0 spiro atoms. The van der Waals surface area contributed by atoms with E-state index in [4.69, 9.17) is 5.11 Å². The lowest BCUT2D eigenvalue weighted by Gasteiger charge is -2.30. The summed E-state index contributed by atoms with van der Waals surface area (Å²) in [5.41, 5.74) is 4.71. The summed E-state index contributed by atoms with van der Waals surface area (Å²) in [5.74, 6) is -0.591. The predicted octanol–water partition coefficient (Wildman–Crippen LogP) is 3.22. The van der Waals surface area contributed by atoms with Crippen LogP contribution in [0.15, 0.2) is 12.1 Å². The first-order valence-electron chi connectivity index (χ1n) is 7.41. The molecule has 20 heavy (non-hydrogen) atoms. The highest BCUT2D eigenvalue weighted by molar-refractivity contribution is 5.72. The fraction of sp³-hybridized carbons (Fsp3) is 0.562. The lowest BCUT2D eigenvalue weighted by atomic mass is 9.86. The van der Waals surface area contributed by atoms with Crippen LogP contribution in [0, 0.1) is 6.92 Å². The number of fused-ring (bicyclic) bond motifs is 1. The maximum atomic E-state index is 11.1. The molecule has 0 fully saturated rings. The molecule has 0 amide bonds. The number of carbonyl (C=O) groups is 1. The normalized spacial score (nSPS) is 17.2. The maximum absolute atomic E-state index is 11.1. The van der Waals surface area contributed by atoms with Crippen molar-refractivity contribution in [3.05, 3.63) is 23.3 Å². The van der Waals surface area contributed by atoms with Crippen LogP contribution in [0.25, 0.3) is 0 Å². The molecular weight excluding hydrogens is 252 g/mol. The van der Waals surface area contributed by atoms with Gasteiger partial charge in [-0.05, 0) is 56.4 Å². The molecule has 1 aliphatic rings. The largest absolute Gasteiger partial charge is 0.481 e. The second-order valence-corrected chi connectivity index (χ2v) is 5.41. The number of hydrogen-bond donors (Lipinski definition) is 2. The van der Waals surface area contributed by atoms with Crippen molar-refractivity contribution < 1.29 is 9.90 Å². The summed E-state index contributed by atoms with van der Waals surface area (Å²) < 4.78 is 0. The Labute approximate surface area is 120 Å². The third kappa shape index (κ3) is 2.89. The molecule has 1 aliphatic heterocycles. The molecule has 2 N–H and O–H groups in total. The molecule has 4 heteroatoms. The van der Waals surface area contributed by atoms with Crippen LogP contribution >= 0.6 is 0 Å². The van der Waals surface area contributed by atoms with Gasteiger partial charge in [-0.15, -0.1) is 0 Å². The van der Waals surface area contributed by atoms with Gasteiger partial charge in [0.05, 0.1) is 6.42 Å². The van der Waals surface area contributed by atoms with E-state index in [-0.39, 0.29) is 12.3 Å². The van der Waals surface area contributed by atoms with Crippen molar-refractivity contribution in [3.8, 4) is 0 Å². The highest BCUT2D eigenvalue weighted by Gasteiger charge is 2.24. The summed E-state index contributed by atoms with van der Waals surface area (Å²) >= 11 is 0. The number of hydrogen-bond acceptors (Lipinski definition) is 3. The van der Waals surface area contributed by atoms with E-state index in [0.717, 1.165) is 31.7 Å². The maximum Gasteiger partial charge on any atom is 0.303 e. The van der Waals surface area contributed by atoms with Crippen molar-refractivity contribution in [2.24, 2.45) is 0 Å². The van der Waals surface area contributed by atoms with E-state index in [9.17, 15) is 4.79 Å². The fourth-order valence-electron chi connectivity index (χ4n) is 3.08. The number of anilines is 2. The lowest BCUT2D eigenvalue weighted by molar-refractivity contribution is -0.137. The highest BCUT2D eigenvalue weighted by atomic mass is 16.4. The van der Waals surface area contributed by atoms with Gasteiger partial charge < -0.3 is 15.3 Å². The summed E-state index contributed by atoms with van der Waals surface area (Å²) in [6, 6.07) is 4.37. The van der Waals surface area contributed by atoms with Crippen LogP contribution < -0.4 is 10.2 Å². The SMILES string of the molecule is CCN(CC)c1cc(C)c2c(c1)C(CC(=O)O)CCN2. The summed E-state index contributed by atoms with van der Waals surface area (Å²) in [6.07, 6.45) is 1.11. The van der Waals surface area contributed by atoms with Crippen molar-refractivity contribution in [1.82, 2.24) is 0 Å². The number of aryl methyl sites for hydroxylation is 1. The van der Waals surface area contributed by atoms with Gasteiger partial charge in [0.15, 0.2) is 0 Å². The van der Waals surface area contributed by atoms with E-state index in [1.807, 2.05) is 0 Å². The monoisotopic (exact) mass is 276 g/mol. The molecule has 110 valence electrons. The topological polar surface area (TPSA) is 52.6 Å². The van der Waals surface area contributed by atoms with E-state index in [2.05, 4.69) is 43.1 Å². The van der Waals surface area contributed by atoms with Crippen molar-refractivity contribution in [1.29, 1.82) is 0 Å². The number of rotatable bonds is 5. The second kappa shape index (κ2) is 6.16. The minimum absolute atomic E-state index is 0.123.